The molecule has 1 aliphatic carbocycles. The summed E-state index contributed by atoms with van der Waals surface area (Å²) in [4.78, 5) is 25.1. The van der Waals surface area contributed by atoms with Gasteiger partial charge in [0, 0.05) is 10.9 Å². The van der Waals surface area contributed by atoms with Gasteiger partial charge in [-0.1, -0.05) is 12.1 Å². The number of halogens is 1. The number of carbonyl (C=O) groups is 2. The Morgan fingerprint density at radius 3 is 2.40 bits per heavy atom. The molecular weight excluding hydrogens is 341 g/mol. The monoisotopic (exact) mass is 361 g/mol. The molecule has 1 aromatic carbocycles. The highest BCUT2D eigenvalue weighted by Gasteiger charge is 2.27. The van der Waals surface area contributed by atoms with E-state index in [1.807, 2.05) is 13.0 Å². The molecule has 0 aliphatic heterocycles. The predicted octanol–water partition coefficient (Wildman–Crippen LogP) is 4.24. The number of nitrogens with one attached hydrogen (secondary N) is 1. The Kier molecular flexibility index (Phi) is 5.18. The molecule has 0 unspecified atom stereocenters. The van der Waals surface area contributed by atoms with Crippen LogP contribution in [0.4, 0.5) is 4.39 Å². The summed E-state index contributed by atoms with van der Waals surface area (Å²) in [5.41, 5.74) is 1.88. The molecule has 6 heteroatoms. The number of carbonyl (C=O) groups excluding carboxylic acids is 1. The number of carboxylic acid groups (broad SMARTS) is 1. The van der Waals surface area contributed by atoms with Crippen molar-refractivity contribution in [3.05, 3.63) is 46.6 Å². The van der Waals surface area contributed by atoms with Crippen molar-refractivity contribution in [2.45, 2.75) is 38.6 Å². The largest absolute Gasteiger partial charge is 0.481 e. The maximum atomic E-state index is 13.1. The van der Waals surface area contributed by atoms with E-state index in [1.165, 1.54) is 23.5 Å². The summed E-state index contributed by atoms with van der Waals surface area (Å²) in [5.74, 6) is -1.45. The molecule has 0 atom stereocenters. The quantitative estimate of drug-likeness (QED) is 0.856. The molecule has 1 amide bonds. The van der Waals surface area contributed by atoms with Crippen LogP contribution >= 0.6 is 11.3 Å². The van der Waals surface area contributed by atoms with Crippen LogP contribution in [-0.4, -0.2) is 23.0 Å². The standard InChI is InChI=1S/C19H20FNO3S/c1-11-10-16(25-17(11)12-2-6-14(20)7-3-12)18(22)21-15-8-4-13(5-9-15)19(23)24/h2-3,6-7,10,13,15H,4-5,8-9H2,1H3,(H,21,22)(H,23,24). The number of hydrogen-bond acceptors (Lipinski definition) is 3. The first-order valence-corrected chi connectivity index (χ1v) is 9.15. The molecule has 1 fully saturated rings. The second-order valence-electron chi connectivity index (χ2n) is 6.49. The summed E-state index contributed by atoms with van der Waals surface area (Å²) >= 11 is 1.39. The van der Waals surface area contributed by atoms with Crippen molar-refractivity contribution in [1.82, 2.24) is 5.32 Å². The van der Waals surface area contributed by atoms with Crippen LogP contribution in [0.1, 0.15) is 40.9 Å². The maximum Gasteiger partial charge on any atom is 0.306 e. The van der Waals surface area contributed by atoms with E-state index < -0.39 is 5.97 Å². The molecule has 1 aliphatic rings. The van der Waals surface area contributed by atoms with Gasteiger partial charge in [0.2, 0.25) is 0 Å². The van der Waals surface area contributed by atoms with E-state index in [2.05, 4.69) is 5.32 Å². The van der Waals surface area contributed by atoms with E-state index in [-0.39, 0.29) is 23.7 Å². The van der Waals surface area contributed by atoms with Crippen molar-refractivity contribution in [3.8, 4) is 10.4 Å². The minimum Gasteiger partial charge on any atom is -0.481 e. The van der Waals surface area contributed by atoms with Gasteiger partial charge < -0.3 is 10.4 Å². The molecule has 1 saturated carbocycles. The number of aryl methyl sites for hydroxylation is 1. The number of thiophene rings is 1. The third kappa shape index (κ3) is 4.07. The van der Waals surface area contributed by atoms with Crippen LogP contribution in [0.15, 0.2) is 30.3 Å². The van der Waals surface area contributed by atoms with Crippen LogP contribution in [0.3, 0.4) is 0 Å². The summed E-state index contributed by atoms with van der Waals surface area (Å²) < 4.78 is 13.1. The smallest absolute Gasteiger partial charge is 0.306 e. The zero-order valence-electron chi connectivity index (χ0n) is 13.9. The van der Waals surface area contributed by atoms with Crippen molar-refractivity contribution < 1.29 is 19.1 Å². The molecule has 2 aromatic rings. The van der Waals surface area contributed by atoms with Crippen LogP contribution in [-0.2, 0) is 4.79 Å². The SMILES string of the molecule is Cc1cc(C(=O)NC2CCC(C(=O)O)CC2)sc1-c1ccc(F)cc1. The Labute approximate surface area is 149 Å². The second kappa shape index (κ2) is 7.35. The predicted molar refractivity (Wildman–Crippen MR) is 95.3 cm³/mol. The fourth-order valence-corrected chi connectivity index (χ4v) is 4.30. The minimum atomic E-state index is -0.748. The van der Waals surface area contributed by atoms with E-state index >= 15 is 0 Å². The van der Waals surface area contributed by atoms with E-state index in [9.17, 15) is 14.0 Å². The topological polar surface area (TPSA) is 66.4 Å². The molecule has 0 saturated heterocycles. The molecule has 2 N–H and O–H groups in total. The zero-order valence-corrected chi connectivity index (χ0v) is 14.7. The van der Waals surface area contributed by atoms with E-state index in [0.29, 0.717) is 30.6 Å². The highest BCUT2D eigenvalue weighted by atomic mass is 32.1. The van der Waals surface area contributed by atoms with Crippen molar-refractivity contribution in [2.24, 2.45) is 5.92 Å². The Hall–Kier alpha value is -2.21. The number of rotatable bonds is 4. The van der Waals surface area contributed by atoms with Crippen molar-refractivity contribution in [3.63, 3.8) is 0 Å². The molecule has 25 heavy (non-hydrogen) atoms. The molecular formula is C19H20FNO3S. The number of amides is 1. The minimum absolute atomic E-state index is 0.0276. The van der Waals surface area contributed by atoms with Gasteiger partial charge in [0.25, 0.3) is 5.91 Å². The van der Waals surface area contributed by atoms with Gasteiger partial charge in [0.15, 0.2) is 0 Å². The summed E-state index contributed by atoms with van der Waals surface area (Å²) in [6, 6.07) is 8.12. The third-order valence-corrected chi connectivity index (χ3v) is 5.94. The van der Waals surface area contributed by atoms with Gasteiger partial charge in [-0.3, -0.25) is 9.59 Å². The molecule has 1 heterocycles. The van der Waals surface area contributed by atoms with Crippen molar-refractivity contribution >= 4 is 23.2 Å². The molecule has 1 aromatic heterocycles. The van der Waals surface area contributed by atoms with E-state index in [1.54, 1.807) is 12.1 Å². The maximum absolute atomic E-state index is 13.1. The molecule has 3 rings (SSSR count). The van der Waals surface area contributed by atoms with Gasteiger partial charge in [0.1, 0.15) is 5.82 Å². The summed E-state index contributed by atoms with van der Waals surface area (Å²) in [7, 11) is 0. The van der Waals surface area contributed by atoms with Crippen LogP contribution in [0.2, 0.25) is 0 Å². The Balaban J connectivity index is 1.66. The van der Waals surface area contributed by atoms with Gasteiger partial charge in [0.05, 0.1) is 10.8 Å². The lowest BCUT2D eigenvalue weighted by molar-refractivity contribution is -0.142. The average molecular weight is 361 g/mol. The summed E-state index contributed by atoms with van der Waals surface area (Å²) in [6.45, 7) is 1.93. The Morgan fingerprint density at radius 1 is 1.16 bits per heavy atom. The van der Waals surface area contributed by atoms with Gasteiger partial charge in [-0.15, -0.1) is 11.3 Å². The number of carboxylic acids is 1. The van der Waals surface area contributed by atoms with Gasteiger partial charge in [-0.25, -0.2) is 4.39 Å². The first kappa shape index (κ1) is 17.6. The zero-order chi connectivity index (χ0) is 18.0. The molecule has 0 radical (unpaired) electrons. The first-order chi connectivity index (χ1) is 11.9. The number of hydrogen-bond donors (Lipinski definition) is 2. The highest BCUT2D eigenvalue weighted by molar-refractivity contribution is 7.17. The van der Waals surface area contributed by atoms with Crippen LogP contribution in [0.5, 0.6) is 0 Å². The number of benzene rings is 1. The van der Waals surface area contributed by atoms with Gasteiger partial charge in [-0.2, -0.15) is 0 Å². The average Bonchev–Trinajstić information content (AvgIpc) is 2.98. The highest BCUT2D eigenvalue weighted by Crippen LogP contribution is 2.33. The van der Waals surface area contributed by atoms with Gasteiger partial charge in [-0.05, 0) is 61.9 Å². The lowest BCUT2D eigenvalue weighted by atomic mass is 9.86. The van der Waals surface area contributed by atoms with Crippen LogP contribution < -0.4 is 5.32 Å². The second-order valence-corrected chi connectivity index (χ2v) is 7.54. The fourth-order valence-electron chi connectivity index (χ4n) is 3.22. The van der Waals surface area contributed by atoms with Crippen LogP contribution in [0, 0.1) is 18.7 Å². The van der Waals surface area contributed by atoms with Crippen molar-refractivity contribution in [1.29, 1.82) is 0 Å². The summed E-state index contributed by atoms with van der Waals surface area (Å²) in [6.07, 6.45) is 2.59. The molecule has 0 bridgehead atoms. The molecule has 4 nitrogen and oxygen atoms in total. The fraction of sp³-hybridized carbons (Fsp3) is 0.368. The third-order valence-electron chi connectivity index (χ3n) is 4.66. The molecule has 132 valence electrons. The van der Waals surface area contributed by atoms with Gasteiger partial charge >= 0.3 is 5.97 Å². The summed E-state index contributed by atoms with van der Waals surface area (Å²) in [5, 5.41) is 12.0. The lowest BCUT2D eigenvalue weighted by Crippen LogP contribution is -2.38. The van der Waals surface area contributed by atoms with Crippen molar-refractivity contribution in [2.75, 3.05) is 0 Å². The number of aliphatic carboxylic acids is 1. The van der Waals surface area contributed by atoms with E-state index in [0.717, 1.165) is 16.0 Å². The molecule has 0 spiro atoms. The normalized spacial score (nSPS) is 20.2. The van der Waals surface area contributed by atoms with E-state index in [4.69, 9.17) is 5.11 Å². The Bertz CT molecular complexity index is 776. The first-order valence-electron chi connectivity index (χ1n) is 8.34. The van der Waals surface area contributed by atoms with Crippen LogP contribution in [0.25, 0.3) is 10.4 Å². The lowest BCUT2D eigenvalue weighted by Gasteiger charge is -2.26. The Morgan fingerprint density at radius 2 is 1.80 bits per heavy atom.